The molecule has 4 nitrogen and oxygen atoms in total. The first-order valence-corrected chi connectivity index (χ1v) is 6.27. The molecule has 2 heterocycles. The van der Waals surface area contributed by atoms with Gasteiger partial charge in [0.25, 0.3) is 0 Å². The van der Waals surface area contributed by atoms with Crippen LogP contribution in [0.1, 0.15) is 22.8 Å². The Morgan fingerprint density at radius 2 is 2.28 bits per heavy atom. The molecule has 1 aromatic heterocycles. The molecule has 0 saturated heterocycles. The Bertz CT molecular complexity index is 535. The van der Waals surface area contributed by atoms with Crippen molar-refractivity contribution in [2.45, 2.75) is 25.6 Å². The maximum absolute atomic E-state index is 5.86. The van der Waals surface area contributed by atoms with Crippen molar-refractivity contribution in [2.75, 3.05) is 6.61 Å². The number of hydrogen-bond acceptors (Lipinski definition) is 3. The summed E-state index contributed by atoms with van der Waals surface area (Å²) >= 11 is 0. The third-order valence-electron chi connectivity index (χ3n) is 3.37. The highest BCUT2D eigenvalue weighted by molar-refractivity contribution is 5.30. The van der Waals surface area contributed by atoms with E-state index in [1.165, 1.54) is 11.1 Å². The Labute approximate surface area is 106 Å². The van der Waals surface area contributed by atoms with Crippen LogP contribution in [0.2, 0.25) is 0 Å². The molecule has 3 rings (SSSR count). The monoisotopic (exact) mass is 243 g/mol. The van der Waals surface area contributed by atoms with Crippen LogP contribution in [0, 0.1) is 0 Å². The Kier molecular flexibility index (Phi) is 3.13. The number of hydrogen-bond donors (Lipinski definition) is 1. The fraction of sp³-hybridized carbons (Fsp3) is 0.357. The first kappa shape index (κ1) is 11.4. The molecule has 0 radical (unpaired) electrons. The SMILES string of the molecule is NCc1cnn(CC2OCCc3ccccc32)c1. The highest BCUT2D eigenvalue weighted by atomic mass is 16.5. The molecule has 2 aromatic rings. The van der Waals surface area contributed by atoms with Gasteiger partial charge in [0.2, 0.25) is 0 Å². The Balaban J connectivity index is 1.81. The molecule has 94 valence electrons. The highest BCUT2D eigenvalue weighted by Gasteiger charge is 2.20. The van der Waals surface area contributed by atoms with E-state index in [1.54, 1.807) is 0 Å². The smallest absolute Gasteiger partial charge is 0.102 e. The molecule has 1 aliphatic heterocycles. The van der Waals surface area contributed by atoms with Gasteiger partial charge < -0.3 is 10.5 Å². The molecule has 0 amide bonds. The van der Waals surface area contributed by atoms with Crippen LogP contribution in [0.15, 0.2) is 36.7 Å². The fourth-order valence-electron chi connectivity index (χ4n) is 2.41. The second-order valence-electron chi connectivity index (χ2n) is 4.58. The summed E-state index contributed by atoms with van der Waals surface area (Å²) in [5.74, 6) is 0. The zero-order valence-corrected chi connectivity index (χ0v) is 10.2. The molecule has 4 heteroatoms. The van der Waals surface area contributed by atoms with E-state index in [4.69, 9.17) is 10.5 Å². The zero-order valence-electron chi connectivity index (χ0n) is 10.2. The minimum Gasteiger partial charge on any atom is -0.371 e. The molecule has 0 spiro atoms. The van der Waals surface area contributed by atoms with Crippen molar-refractivity contribution in [3.63, 3.8) is 0 Å². The second kappa shape index (κ2) is 4.92. The van der Waals surface area contributed by atoms with E-state index in [-0.39, 0.29) is 6.10 Å². The second-order valence-corrected chi connectivity index (χ2v) is 4.58. The lowest BCUT2D eigenvalue weighted by atomic mass is 9.98. The molecule has 1 unspecified atom stereocenters. The van der Waals surface area contributed by atoms with Gasteiger partial charge >= 0.3 is 0 Å². The molecule has 1 aliphatic rings. The average molecular weight is 243 g/mol. The van der Waals surface area contributed by atoms with Crippen LogP contribution < -0.4 is 5.73 Å². The number of aromatic nitrogens is 2. The standard InChI is InChI=1S/C14H17N3O/c15-7-11-8-16-17(9-11)10-14-13-4-2-1-3-12(13)5-6-18-14/h1-4,8-9,14H,5-7,10,15H2. The maximum atomic E-state index is 5.86. The minimum atomic E-state index is 0.0977. The van der Waals surface area contributed by atoms with Crippen molar-refractivity contribution in [1.82, 2.24) is 9.78 Å². The summed E-state index contributed by atoms with van der Waals surface area (Å²) in [6, 6.07) is 8.47. The number of ether oxygens (including phenoxy) is 1. The molecule has 0 saturated carbocycles. The number of nitrogens with zero attached hydrogens (tertiary/aromatic N) is 2. The lowest BCUT2D eigenvalue weighted by molar-refractivity contribution is 0.0283. The van der Waals surface area contributed by atoms with Crippen LogP contribution in [-0.2, 0) is 24.2 Å². The maximum Gasteiger partial charge on any atom is 0.102 e. The van der Waals surface area contributed by atoms with Crippen molar-refractivity contribution >= 4 is 0 Å². The fourth-order valence-corrected chi connectivity index (χ4v) is 2.41. The summed E-state index contributed by atoms with van der Waals surface area (Å²) in [5.41, 5.74) is 9.32. The number of benzene rings is 1. The lowest BCUT2D eigenvalue weighted by Crippen LogP contribution is -2.20. The molecule has 0 bridgehead atoms. The largest absolute Gasteiger partial charge is 0.371 e. The van der Waals surface area contributed by atoms with Gasteiger partial charge in [-0.1, -0.05) is 24.3 Å². The molecular weight excluding hydrogens is 226 g/mol. The number of nitrogens with two attached hydrogens (primary N) is 1. The molecular formula is C14H17N3O. The number of rotatable bonds is 3. The van der Waals surface area contributed by atoms with E-state index in [0.717, 1.165) is 25.1 Å². The van der Waals surface area contributed by atoms with Gasteiger partial charge in [0.1, 0.15) is 6.10 Å². The van der Waals surface area contributed by atoms with Crippen LogP contribution >= 0.6 is 0 Å². The van der Waals surface area contributed by atoms with Gasteiger partial charge in [-0.15, -0.1) is 0 Å². The third-order valence-corrected chi connectivity index (χ3v) is 3.37. The first-order chi connectivity index (χ1) is 8.86. The van der Waals surface area contributed by atoms with Crippen LogP contribution in [0.25, 0.3) is 0 Å². The van der Waals surface area contributed by atoms with Gasteiger partial charge in [-0.3, -0.25) is 4.68 Å². The van der Waals surface area contributed by atoms with E-state index in [0.29, 0.717) is 6.54 Å². The molecule has 0 fully saturated rings. The van der Waals surface area contributed by atoms with Crippen LogP contribution in [0.3, 0.4) is 0 Å². The van der Waals surface area contributed by atoms with Crippen LogP contribution in [0.4, 0.5) is 0 Å². The van der Waals surface area contributed by atoms with Crippen LogP contribution in [0.5, 0.6) is 0 Å². The summed E-state index contributed by atoms with van der Waals surface area (Å²) in [7, 11) is 0. The predicted octanol–water partition coefficient (Wildman–Crippen LogP) is 1.66. The van der Waals surface area contributed by atoms with E-state index >= 15 is 0 Å². The molecule has 0 aliphatic carbocycles. The van der Waals surface area contributed by atoms with Gasteiger partial charge in [0, 0.05) is 18.3 Å². The molecule has 18 heavy (non-hydrogen) atoms. The Hall–Kier alpha value is -1.65. The van der Waals surface area contributed by atoms with Crippen molar-refractivity contribution in [3.8, 4) is 0 Å². The summed E-state index contributed by atoms with van der Waals surface area (Å²) in [5, 5.41) is 4.31. The summed E-state index contributed by atoms with van der Waals surface area (Å²) in [6.07, 6.45) is 4.90. The quantitative estimate of drug-likeness (QED) is 0.892. The lowest BCUT2D eigenvalue weighted by Gasteiger charge is -2.25. The van der Waals surface area contributed by atoms with Gasteiger partial charge in [-0.2, -0.15) is 5.10 Å². The van der Waals surface area contributed by atoms with E-state index in [1.807, 2.05) is 17.1 Å². The van der Waals surface area contributed by atoms with Crippen molar-refractivity contribution < 1.29 is 4.74 Å². The predicted molar refractivity (Wildman–Crippen MR) is 69.0 cm³/mol. The Morgan fingerprint density at radius 1 is 1.39 bits per heavy atom. The minimum absolute atomic E-state index is 0.0977. The normalized spacial score (nSPS) is 18.6. The van der Waals surface area contributed by atoms with Gasteiger partial charge in [-0.25, -0.2) is 0 Å². The van der Waals surface area contributed by atoms with Gasteiger partial charge in [0.15, 0.2) is 0 Å². The first-order valence-electron chi connectivity index (χ1n) is 6.27. The van der Waals surface area contributed by atoms with E-state index in [2.05, 4.69) is 29.4 Å². The average Bonchev–Trinajstić information content (AvgIpc) is 2.87. The van der Waals surface area contributed by atoms with Gasteiger partial charge in [-0.05, 0) is 17.5 Å². The summed E-state index contributed by atoms with van der Waals surface area (Å²) in [4.78, 5) is 0. The molecule has 1 atom stereocenters. The van der Waals surface area contributed by atoms with E-state index in [9.17, 15) is 0 Å². The summed E-state index contributed by atoms with van der Waals surface area (Å²) < 4.78 is 7.77. The van der Waals surface area contributed by atoms with Crippen molar-refractivity contribution in [2.24, 2.45) is 5.73 Å². The molecule has 1 aromatic carbocycles. The Morgan fingerprint density at radius 3 is 3.11 bits per heavy atom. The topological polar surface area (TPSA) is 53.1 Å². The highest BCUT2D eigenvalue weighted by Crippen LogP contribution is 2.27. The van der Waals surface area contributed by atoms with Crippen molar-refractivity contribution in [1.29, 1.82) is 0 Å². The van der Waals surface area contributed by atoms with Gasteiger partial charge in [0.05, 0.1) is 19.3 Å². The third kappa shape index (κ3) is 2.17. The van der Waals surface area contributed by atoms with Crippen molar-refractivity contribution in [3.05, 3.63) is 53.3 Å². The summed E-state index contributed by atoms with van der Waals surface area (Å²) in [6.45, 7) is 2.06. The zero-order chi connectivity index (χ0) is 12.4. The van der Waals surface area contributed by atoms with E-state index < -0.39 is 0 Å². The number of fused-ring (bicyclic) bond motifs is 1. The van der Waals surface area contributed by atoms with Crippen LogP contribution in [-0.4, -0.2) is 16.4 Å². The molecule has 2 N–H and O–H groups in total.